The van der Waals surface area contributed by atoms with Crippen molar-refractivity contribution in [3.8, 4) is 0 Å². The molecule has 0 fully saturated rings. The minimum absolute atomic E-state index is 0.250. The molecule has 0 bridgehead atoms. The van der Waals surface area contributed by atoms with Crippen molar-refractivity contribution in [2.45, 2.75) is 19.8 Å². The van der Waals surface area contributed by atoms with Crippen molar-refractivity contribution in [2.24, 2.45) is 0 Å². The van der Waals surface area contributed by atoms with Gasteiger partial charge in [-0.1, -0.05) is 42.3 Å². The van der Waals surface area contributed by atoms with E-state index in [-0.39, 0.29) is 6.15 Å². The predicted molar refractivity (Wildman–Crippen MR) is 60.2 cm³/mol. The molecule has 0 aliphatic carbocycles. The van der Waals surface area contributed by atoms with E-state index in [2.05, 4.69) is 16.5 Å². The van der Waals surface area contributed by atoms with E-state index < -0.39 is 0 Å². The van der Waals surface area contributed by atoms with E-state index in [4.69, 9.17) is 32.8 Å². The Morgan fingerprint density at radius 3 is 2.50 bits per heavy atom. The van der Waals surface area contributed by atoms with Crippen LogP contribution in [0.3, 0.4) is 0 Å². The van der Waals surface area contributed by atoms with Crippen molar-refractivity contribution in [1.29, 1.82) is 0 Å². The summed E-state index contributed by atoms with van der Waals surface area (Å²) >= 11 is 11.4. The number of nitrogens with zero attached hydrogens (tertiary/aromatic N) is 2. The third-order valence-corrected chi connectivity index (χ3v) is 2.17. The summed E-state index contributed by atoms with van der Waals surface area (Å²) in [7, 11) is 0. The summed E-state index contributed by atoms with van der Waals surface area (Å²) in [5.41, 5.74) is 1.82. The number of aromatic nitrogens is 2. The molecule has 0 saturated carbocycles. The molecular weight excluding hydrogens is 251 g/mol. The van der Waals surface area contributed by atoms with E-state index in [9.17, 15) is 0 Å². The molecule has 0 aliphatic heterocycles. The number of carbonyl (C=O) groups excluding carboxylic acids is 2. The molecule has 0 unspecified atom stereocenters. The topological polar surface area (TPSA) is 59.9 Å². The summed E-state index contributed by atoms with van der Waals surface area (Å²) in [5.74, 6) is 0. The fourth-order valence-corrected chi connectivity index (χ4v) is 1.24. The molecule has 1 aromatic heterocycles. The standard InChI is InChI=1S/C9H10Cl2N2.CO2/c1-3-6(2)4-7-9(11)13-8(10)5-12-7;2-1-3/h5H,2-4H2,1H3;. The molecule has 0 saturated heterocycles. The van der Waals surface area contributed by atoms with Crippen LogP contribution in [0.5, 0.6) is 0 Å². The molecule has 16 heavy (non-hydrogen) atoms. The van der Waals surface area contributed by atoms with Crippen LogP contribution in [-0.4, -0.2) is 16.1 Å². The number of rotatable bonds is 3. The highest BCUT2D eigenvalue weighted by atomic mass is 35.5. The first kappa shape index (κ1) is 14.8. The minimum atomic E-state index is 0.250. The maximum absolute atomic E-state index is 8.12. The maximum Gasteiger partial charge on any atom is 0.373 e. The van der Waals surface area contributed by atoms with Gasteiger partial charge in [-0.15, -0.1) is 0 Å². The summed E-state index contributed by atoms with van der Waals surface area (Å²) in [6.45, 7) is 5.91. The molecule has 6 heteroatoms. The summed E-state index contributed by atoms with van der Waals surface area (Å²) in [6.07, 6.45) is 3.33. The van der Waals surface area contributed by atoms with Crippen molar-refractivity contribution in [3.05, 3.63) is 34.3 Å². The van der Waals surface area contributed by atoms with Crippen molar-refractivity contribution in [2.75, 3.05) is 0 Å². The lowest BCUT2D eigenvalue weighted by molar-refractivity contribution is -0.191. The summed E-state index contributed by atoms with van der Waals surface area (Å²) in [6, 6.07) is 0. The van der Waals surface area contributed by atoms with Gasteiger partial charge in [0.15, 0.2) is 5.15 Å². The molecule has 0 atom stereocenters. The van der Waals surface area contributed by atoms with Crippen LogP contribution < -0.4 is 0 Å². The first-order valence-electron chi connectivity index (χ1n) is 4.38. The Balaban J connectivity index is 0.000000673. The Morgan fingerprint density at radius 2 is 2.06 bits per heavy atom. The fraction of sp³-hybridized carbons (Fsp3) is 0.300. The lowest BCUT2D eigenvalue weighted by Gasteiger charge is -2.03. The molecule has 0 spiro atoms. The zero-order valence-electron chi connectivity index (χ0n) is 8.67. The molecule has 0 aliphatic rings. The van der Waals surface area contributed by atoms with Gasteiger partial charge in [-0.05, 0) is 6.42 Å². The molecule has 0 aromatic carbocycles. The van der Waals surface area contributed by atoms with Crippen molar-refractivity contribution in [3.63, 3.8) is 0 Å². The van der Waals surface area contributed by atoms with Gasteiger partial charge >= 0.3 is 6.15 Å². The van der Waals surface area contributed by atoms with Crippen LogP contribution in [0.25, 0.3) is 0 Å². The number of allylic oxidation sites excluding steroid dienone is 1. The van der Waals surface area contributed by atoms with Gasteiger partial charge in [0.05, 0.1) is 11.9 Å². The third-order valence-electron chi connectivity index (χ3n) is 1.69. The molecular formula is C10H10Cl2N2O2. The number of hydrogen-bond acceptors (Lipinski definition) is 4. The molecule has 86 valence electrons. The largest absolute Gasteiger partial charge is 0.373 e. The smallest absolute Gasteiger partial charge is 0.255 e. The van der Waals surface area contributed by atoms with Gasteiger partial charge in [-0.25, -0.2) is 4.98 Å². The van der Waals surface area contributed by atoms with E-state index in [1.807, 2.05) is 6.92 Å². The highest BCUT2D eigenvalue weighted by Gasteiger charge is 2.05. The normalized spacial score (nSPS) is 8.69. The maximum atomic E-state index is 8.12. The first-order chi connectivity index (χ1) is 7.54. The van der Waals surface area contributed by atoms with Gasteiger partial charge in [0.2, 0.25) is 0 Å². The van der Waals surface area contributed by atoms with E-state index >= 15 is 0 Å². The molecule has 1 rings (SSSR count). The second-order valence-electron chi connectivity index (χ2n) is 2.79. The van der Waals surface area contributed by atoms with Gasteiger partial charge < -0.3 is 0 Å². The van der Waals surface area contributed by atoms with E-state index in [0.29, 0.717) is 16.7 Å². The zero-order chi connectivity index (χ0) is 12.6. The molecule has 1 heterocycles. The summed E-state index contributed by atoms with van der Waals surface area (Å²) in [5, 5.41) is 0.679. The van der Waals surface area contributed by atoms with Crippen LogP contribution in [0.1, 0.15) is 19.0 Å². The second-order valence-corrected chi connectivity index (χ2v) is 3.54. The Hall–Kier alpha value is -1.22. The van der Waals surface area contributed by atoms with Crippen LogP contribution >= 0.6 is 23.2 Å². The second kappa shape index (κ2) is 7.99. The van der Waals surface area contributed by atoms with Crippen LogP contribution in [0.4, 0.5) is 0 Å². The van der Waals surface area contributed by atoms with Crippen LogP contribution in [0.2, 0.25) is 10.3 Å². The highest BCUT2D eigenvalue weighted by Crippen LogP contribution is 2.17. The minimum Gasteiger partial charge on any atom is -0.255 e. The molecule has 4 nitrogen and oxygen atoms in total. The quantitative estimate of drug-likeness (QED) is 0.785. The van der Waals surface area contributed by atoms with Gasteiger partial charge in [0, 0.05) is 6.42 Å². The lowest BCUT2D eigenvalue weighted by atomic mass is 10.1. The SMILES string of the molecule is C=C(CC)Cc1ncc(Cl)nc1Cl.O=C=O. The first-order valence-corrected chi connectivity index (χ1v) is 5.13. The van der Waals surface area contributed by atoms with Crippen LogP contribution in [-0.2, 0) is 16.0 Å². The Morgan fingerprint density at radius 1 is 1.50 bits per heavy atom. The molecule has 0 radical (unpaired) electrons. The van der Waals surface area contributed by atoms with Gasteiger partial charge in [-0.3, -0.25) is 4.98 Å². The van der Waals surface area contributed by atoms with Crippen LogP contribution in [0.15, 0.2) is 18.3 Å². The van der Waals surface area contributed by atoms with Crippen molar-refractivity contribution < 1.29 is 9.59 Å². The van der Waals surface area contributed by atoms with Crippen molar-refractivity contribution in [1.82, 2.24) is 9.97 Å². The van der Waals surface area contributed by atoms with Crippen molar-refractivity contribution >= 4 is 29.4 Å². The van der Waals surface area contributed by atoms with E-state index in [0.717, 1.165) is 17.7 Å². The highest BCUT2D eigenvalue weighted by molar-refractivity contribution is 6.32. The fourth-order valence-electron chi connectivity index (χ4n) is 0.852. The zero-order valence-corrected chi connectivity index (χ0v) is 10.2. The third kappa shape index (κ3) is 5.61. The monoisotopic (exact) mass is 260 g/mol. The number of halogens is 2. The molecule has 1 aromatic rings. The van der Waals surface area contributed by atoms with Gasteiger partial charge in [0.25, 0.3) is 0 Å². The Labute approximate surface area is 103 Å². The van der Waals surface area contributed by atoms with E-state index in [1.54, 1.807) is 0 Å². The molecule has 0 N–H and O–H groups in total. The summed E-state index contributed by atoms with van der Waals surface area (Å²) < 4.78 is 0. The van der Waals surface area contributed by atoms with Gasteiger partial charge in [-0.2, -0.15) is 9.59 Å². The average molecular weight is 261 g/mol. The Bertz CT molecular complexity index is 402. The summed E-state index contributed by atoms with van der Waals surface area (Å²) in [4.78, 5) is 24.2. The van der Waals surface area contributed by atoms with Gasteiger partial charge in [0.1, 0.15) is 5.15 Å². The number of hydrogen-bond donors (Lipinski definition) is 0. The average Bonchev–Trinajstić information content (AvgIpc) is 2.23. The Kier molecular flexibility index (Phi) is 7.38. The lowest BCUT2D eigenvalue weighted by Crippen LogP contribution is -1.95. The molecule has 0 amide bonds. The van der Waals surface area contributed by atoms with Crippen LogP contribution in [0, 0.1) is 0 Å². The predicted octanol–water partition coefficient (Wildman–Crippen LogP) is 2.71. The van der Waals surface area contributed by atoms with E-state index in [1.165, 1.54) is 6.20 Å².